The highest BCUT2D eigenvalue weighted by Crippen LogP contribution is 2.32. The first-order valence-corrected chi connectivity index (χ1v) is 9.98. The number of anilines is 1. The van der Waals surface area contributed by atoms with Gasteiger partial charge in [0, 0.05) is 14.3 Å². The number of hydrogen-bond acceptors (Lipinski definition) is 3. The van der Waals surface area contributed by atoms with Crippen molar-refractivity contribution in [1.29, 1.82) is 0 Å². The highest BCUT2D eigenvalue weighted by atomic mass is 79.9. The lowest BCUT2D eigenvalue weighted by molar-refractivity contribution is 1.26. The molecule has 0 atom stereocenters. The molecule has 0 aliphatic carbocycles. The fraction of sp³-hybridized carbons (Fsp3) is 0. The van der Waals surface area contributed by atoms with Crippen molar-refractivity contribution in [2.24, 2.45) is 5.10 Å². The summed E-state index contributed by atoms with van der Waals surface area (Å²) in [7, 11) is 0. The van der Waals surface area contributed by atoms with Crippen LogP contribution in [0.5, 0.6) is 0 Å². The number of hydrazone groups is 1. The zero-order chi connectivity index (χ0) is 18.6. The first kappa shape index (κ1) is 17.9. The van der Waals surface area contributed by atoms with E-state index in [2.05, 4.69) is 60.6 Å². The van der Waals surface area contributed by atoms with Crippen LogP contribution in [0.15, 0.2) is 92.9 Å². The third-order valence-corrected chi connectivity index (χ3v) is 5.14. The molecule has 0 spiro atoms. The molecule has 3 nitrogen and oxygen atoms in total. The van der Waals surface area contributed by atoms with Crippen molar-refractivity contribution < 1.29 is 0 Å². The van der Waals surface area contributed by atoms with Crippen LogP contribution in [0.2, 0.25) is 0 Å². The molecule has 5 heteroatoms. The normalized spacial score (nSPS) is 11.2. The zero-order valence-electron chi connectivity index (χ0n) is 14.2. The first-order valence-electron chi connectivity index (χ1n) is 8.39. The smallest absolute Gasteiger partial charge is 0.147 e. The lowest BCUT2D eigenvalue weighted by Crippen LogP contribution is -1.96. The molecule has 0 saturated carbocycles. The molecule has 0 unspecified atom stereocenters. The summed E-state index contributed by atoms with van der Waals surface area (Å²) in [5.74, 6) is 0.706. The van der Waals surface area contributed by atoms with Crippen LogP contribution in [0.25, 0.3) is 22.0 Å². The van der Waals surface area contributed by atoms with Gasteiger partial charge in [-0.2, -0.15) is 5.10 Å². The third-order valence-electron chi connectivity index (χ3n) is 4.12. The van der Waals surface area contributed by atoms with Gasteiger partial charge in [0.05, 0.1) is 11.7 Å². The Balaban J connectivity index is 1.71. The van der Waals surface area contributed by atoms with E-state index in [0.29, 0.717) is 5.82 Å². The van der Waals surface area contributed by atoms with Gasteiger partial charge in [0.1, 0.15) is 5.82 Å². The summed E-state index contributed by atoms with van der Waals surface area (Å²) in [6, 6.07) is 26.4. The topological polar surface area (TPSA) is 37.3 Å². The Morgan fingerprint density at radius 2 is 1.56 bits per heavy atom. The Morgan fingerprint density at radius 1 is 0.815 bits per heavy atom. The summed E-state index contributed by atoms with van der Waals surface area (Å²) in [4.78, 5) is 4.69. The van der Waals surface area contributed by atoms with Crippen molar-refractivity contribution in [2.45, 2.75) is 0 Å². The maximum Gasteiger partial charge on any atom is 0.147 e. The number of nitrogens with one attached hydrogen (secondary N) is 1. The van der Waals surface area contributed by atoms with Gasteiger partial charge in [-0.1, -0.05) is 74.3 Å². The van der Waals surface area contributed by atoms with Crippen LogP contribution in [0.1, 0.15) is 5.56 Å². The van der Waals surface area contributed by atoms with Crippen molar-refractivity contribution in [1.82, 2.24) is 4.98 Å². The molecule has 1 heterocycles. The van der Waals surface area contributed by atoms with Gasteiger partial charge in [-0.05, 0) is 53.1 Å². The Bertz CT molecular complexity index is 1110. The molecule has 0 aliphatic rings. The molecule has 132 valence electrons. The Morgan fingerprint density at radius 3 is 2.33 bits per heavy atom. The summed E-state index contributed by atoms with van der Waals surface area (Å²) in [6.07, 6.45) is 1.78. The van der Waals surface area contributed by atoms with Gasteiger partial charge in [0.2, 0.25) is 0 Å². The molecule has 0 saturated heterocycles. The third kappa shape index (κ3) is 4.26. The molecule has 0 amide bonds. The number of nitrogens with zero attached hydrogens (tertiary/aromatic N) is 2. The van der Waals surface area contributed by atoms with Gasteiger partial charge in [0.15, 0.2) is 0 Å². The van der Waals surface area contributed by atoms with Crippen LogP contribution in [0.3, 0.4) is 0 Å². The molecule has 1 aromatic heterocycles. The van der Waals surface area contributed by atoms with E-state index in [0.717, 1.165) is 36.5 Å². The molecule has 0 fully saturated rings. The van der Waals surface area contributed by atoms with Gasteiger partial charge in [-0.3, -0.25) is 5.43 Å². The molecule has 4 aromatic rings. The Kier molecular flexibility index (Phi) is 5.32. The second kappa shape index (κ2) is 8.03. The summed E-state index contributed by atoms with van der Waals surface area (Å²) < 4.78 is 2.07. The molecule has 1 N–H and O–H groups in total. The minimum atomic E-state index is 0.706. The van der Waals surface area contributed by atoms with Crippen LogP contribution in [0.4, 0.5) is 5.82 Å². The molecule has 0 radical (unpaired) electrons. The average molecular weight is 481 g/mol. The highest BCUT2D eigenvalue weighted by molar-refractivity contribution is 9.10. The van der Waals surface area contributed by atoms with Crippen LogP contribution in [0, 0.1) is 0 Å². The van der Waals surface area contributed by atoms with Gasteiger partial charge in [-0.25, -0.2) is 4.98 Å². The van der Waals surface area contributed by atoms with Crippen molar-refractivity contribution in [3.05, 3.63) is 93.4 Å². The van der Waals surface area contributed by atoms with Crippen LogP contribution >= 0.6 is 31.9 Å². The van der Waals surface area contributed by atoms with E-state index in [1.54, 1.807) is 6.21 Å². The minimum Gasteiger partial charge on any atom is -0.261 e. The van der Waals surface area contributed by atoms with Gasteiger partial charge in [-0.15, -0.1) is 0 Å². The maximum absolute atomic E-state index is 4.69. The summed E-state index contributed by atoms with van der Waals surface area (Å²) >= 11 is 7.00. The first-order chi connectivity index (χ1) is 13.2. The van der Waals surface area contributed by atoms with E-state index in [-0.39, 0.29) is 0 Å². The number of halogens is 2. The van der Waals surface area contributed by atoms with Crippen LogP contribution in [-0.2, 0) is 0 Å². The van der Waals surface area contributed by atoms with E-state index >= 15 is 0 Å². The number of aromatic nitrogens is 1. The van der Waals surface area contributed by atoms with Gasteiger partial charge < -0.3 is 0 Å². The predicted molar refractivity (Wildman–Crippen MR) is 120 cm³/mol. The Labute approximate surface area is 174 Å². The molecular formula is C22H15Br2N3. The molecule has 4 rings (SSSR count). The standard InChI is InChI=1S/C22H15Br2N3/c23-17-8-6-15(7-9-17)14-25-27-22-13-19(16-4-2-1-3-5-16)20-12-18(24)10-11-21(20)26-22/h1-14H,(H,26,27)/b25-14+. The number of hydrogen-bond donors (Lipinski definition) is 1. The summed E-state index contributed by atoms with van der Waals surface area (Å²) in [5, 5.41) is 5.43. The number of benzene rings is 3. The van der Waals surface area contributed by atoms with E-state index in [4.69, 9.17) is 4.98 Å². The lowest BCUT2D eigenvalue weighted by Gasteiger charge is -2.10. The highest BCUT2D eigenvalue weighted by Gasteiger charge is 2.08. The summed E-state index contributed by atoms with van der Waals surface area (Å²) in [6.45, 7) is 0. The van der Waals surface area contributed by atoms with Gasteiger partial charge >= 0.3 is 0 Å². The van der Waals surface area contributed by atoms with Crippen molar-refractivity contribution in [2.75, 3.05) is 5.43 Å². The number of pyridine rings is 1. The zero-order valence-corrected chi connectivity index (χ0v) is 17.4. The Hall–Kier alpha value is -2.50. The van der Waals surface area contributed by atoms with Crippen molar-refractivity contribution >= 4 is 54.8 Å². The van der Waals surface area contributed by atoms with Crippen molar-refractivity contribution in [3.63, 3.8) is 0 Å². The van der Waals surface area contributed by atoms with E-state index in [9.17, 15) is 0 Å². The average Bonchev–Trinajstić information content (AvgIpc) is 2.70. The van der Waals surface area contributed by atoms with E-state index in [1.165, 1.54) is 0 Å². The predicted octanol–water partition coefficient (Wildman–Crippen LogP) is 6.87. The monoisotopic (exact) mass is 479 g/mol. The van der Waals surface area contributed by atoms with E-state index < -0.39 is 0 Å². The quantitative estimate of drug-likeness (QED) is 0.255. The number of fused-ring (bicyclic) bond motifs is 1. The SMILES string of the molecule is Brc1ccc(/C=N/Nc2cc(-c3ccccc3)c3cc(Br)ccc3n2)cc1. The van der Waals surface area contributed by atoms with Crippen LogP contribution in [-0.4, -0.2) is 11.2 Å². The second-order valence-electron chi connectivity index (χ2n) is 6.00. The second-order valence-corrected chi connectivity index (χ2v) is 7.84. The molecule has 27 heavy (non-hydrogen) atoms. The molecule has 3 aromatic carbocycles. The summed E-state index contributed by atoms with van der Waals surface area (Å²) in [5.41, 5.74) is 7.25. The minimum absolute atomic E-state index is 0.706. The molecule has 0 bridgehead atoms. The lowest BCUT2D eigenvalue weighted by atomic mass is 10.0. The maximum atomic E-state index is 4.69. The van der Waals surface area contributed by atoms with Gasteiger partial charge in [0.25, 0.3) is 0 Å². The fourth-order valence-corrected chi connectivity index (χ4v) is 3.46. The molecular weight excluding hydrogens is 466 g/mol. The van der Waals surface area contributed by atoms with Crippen molar-refractivity contribution in [3.8, 4) is 11.1 Å². The molecule has 0 aliphatic heterocycles. The fourth-order valence-electron chi connectivity index (χ4n) is 2.83. The van der Waals surface area contributed by atoms with E-state index in [1.807, 2.05) is 60.7 Å². The van der Waals surface area contributed by atoms with Crippen LogP contribution < -0.4 is 5.43 Å². The largest absolute Gasteiger partial charge is 0.261 e. The number of rotatable bonds is 4.